The molecule has 2 rings (SSSR count). The average molecular weight is 319 g/mol. The van der Waals surface area contributed by atoms with Crippen LogP contribution >= 0.6 is 7.60 Å². The number of rotatable bonds is 5. The molecule has 7 heteroatoms. The van der Waals surface area contributed by atoms with Gasteiger partial charge in [0.05, 0.1) is 5.56 Å². The summed E-state index contributed by atoms with van der Waals surface area (Å²) in [6, 6.07) is 16.3. The Balaban J connectivity index is 2.32. The van der Waals surface area contributed by atoms with Gasteiger partial charge in [0, 0.05) is 12.7 Å². The number of hydrogen-bond acceptors (Lipinski definition) is 6. The lowest BCUT2D eigenvalue weighted by Crippen LogP contribution is -2.12. The van der Waals surface area contributed by atoms with Crippen LogP contribution in [0.15, 0.2) is 65.8 Å². The van der Waals surface area contributed by atoms with E-state index >= 15 is 0 Å². The fourth-order valence-corrected chi connectivity index (χ4v) is 2.99. The first-order chi connectivity index (χ1) is 10.6. The van der Waals surface area contributed by atoms with Crippen LogP contribution in [-0.4, -0.2) is 23.7 Å². The Bertz CT molecular complexity index is 715. The molecule has 0 amide bonds. The maximum absolute atomic E-state index is 12.7. The minimum absolute atomic E-state index is 0.213. The molecule has 0 radical (unpaired) electrons. The maximum Gasteiger partial charge on any atom is 0.435 e. The molecule has 0 aromatic heterocycles. The summed E-state index contributed by atoms with van der Waals surface area (Å²) in [7, 11) is -2.99. The zero-order valence-electron chi connectivity index (χ0n) is 11.7. The van der Waals surface area contributed by atoms with Gasteiger partial charge in [-0.1, -0.05) is 53.7 Å². The molecule has 2 aromatic carbocycles. The van der Waals surface area contributed by atoms with Crippen molar-refractivity contribution in [1.29, 1.82) is 0 Å². The monoisotopic (exact) mass is 319 g/mol. The van der Waals surface area contributed by atoms with Crippen LogP contribution in [0.2, 0.25) is 0 Å². The molecule has 1 N–H and O–H groups in total. The minimum Gasteiger partial charge on any atom is -0.410 e. The molecule has 0 saturated carbocycles. The molecular formula is C15H14NO5P. The van der Waals surface area contributed by atoms with E-state index in [4.69, 9.17) is 9.05 Å². The van der Waals surface area contributed by atoms with Gasteiger partial charge >= 0.3 is 13.6 Å². The van der Waals surface area contributed by atoms with Crippen molar-refractivity contribution in [3.63, 3.8) is 0 Å². The van der Waals surface area contributed by atoms with Gasteiger partial charge in [0.25, 0.3) is 0 Å². The first-order valence-electron chi connectivity index (χ1n) is 6.33. The zero-order chi connectivity index (χ0) is 16.0. The summed E-state index contributed by atoms with van der Waals surface area (Å²) < 4.78 is 22.6. The molecule has 0 aliphatic rings. The van der Waals surface area contributed by atoms with Crippen molar-refractivity contribution in [3.05, 3.63) is 71.8 Å². The highest BCUT2D eigenvalue weighted by atomic mass is 31.2. The van der Waals surface area contributed by atoms with Crippen LogP contribution in [0.5, 0.6) is 0 Å². The topological polar surface area (TPSA) is 85.2 Å². The Morgan fingerprint density at radius 2 is 1.50 bits per heavy atom. The van der Waals surface area contributed by atoms with Crippen LogP contribution in [0.1, 0.15) is 15.9 Å². The Hall–Kier alpha value is -2.43. The SMILES string of the molecule is COP(=O)(OC(=O)c1ccccc1)/C(=N\O)c1ccccc1. The van der Waals surface area contributed by atoms with Gasteiger partial charge in [0.1, 0.15) is 0 Å². The molecule has 1 unspecified atom stereocenters. The lowest BCUT2D eigenvalue weighted by Gasteiger charge is -2.17. The summed E-state index contributed by atoms with van der Waals surface area (Å²) in [6.07, 6.45) is 0. The van der Waals surface area contributed by atoms with Crippen LogP contribution in [0, 0.1) is 0 Å². The lowest BCUT2D eigenvalue weighted by molar-refractivity contribution is 0.0716. The highest BCUT2D eigenvalue weighted by molar-refractivity contribution is 7.73. The largest absolute Gasteiger partial charge is 0.435 e. The third-order valence-corrected chi connectivity index (χ3v) is 4.59. The summed E-state index contributed by atoms with van der Waals surface area (Å²) in [6.45, 7) is 0. The quantitative estimate of drug-likeness (QED) is 0.394. The minimum atomic E-state index is -4.10. The number of benzene rings is 2. The number of hydrogen-bond donors (Lipinski definition) is 1. The molecular weight excluding hydrogens is 305 g/mol. The van der Waals surface area contributed by atoms with E-state index in [1.807, 2.05) is 0 Å². The number of carbonyl (C=O) groups excluding carboxylic acids is 1. The van der Waals surface area contributed by atoms with Crippen LogP contribution in [0.3, 0.4) is 0 Å². The highest BCUT2D eigenvalue weighted by Crippen LogP contribution is 2.51. The van der Waals surface area contributed by atoms with Gasteiger partial charge in [0.2, 0.25) is 5.45 Å². The van der Waals surface area contributed by atoms with Crippen molar-refractivity contribution in [2.45, 2.75) is 0 Å². The lowest BCUT2D eigenvalue weighted by atomic mass is 10.2. The van der Waals surface area contributed by atoms with Gasteiger partial charge in [-0.3, -0.25) is 4.52 Å². The van der Waals surface area contributed by atoms with Crippen molar-refractivity contribution in [2.24, 2.45) is 5.16 Å². The molecule has 2 aromatic rings. The van der Waals surface area contributed by atoms with Crippen molar-refractivity contribution >= 4 is 19.0 Å². The summed E-state index contributed by atoms with van der Waals surface area (Å²) in [5.74, 6) is -0.831. The Morgan fingerprint density at radius 3 is 1.95 bits per heavy atom. The smallest absolute Gasteiger partial charge is 0.410 e. The van der Waals surface area contributed by atoms with Gasteiger partial charge in [-0.2, -0.15) is 0 Å². The van der Waals surface area contributed by atoms with Gasteiger partial charge in [0.15, 0.2) is 0 Å². The van der Waals surface area contributed by atoms with Crippen LogP contribution in [0.25, 0.3) is 0 Å². The molecule has 0 spiro atoms. The molecule has 0 saturated heterocycles. The van der Waals surface area contributed by atoms with Gasteiger partial charge in [-0.15, -0.1) is 0 Å². The molecule has 0 aliphatic carbocycles. The fraction of sp³-hybridized carbons (Fsp3) is 0.0667. The second kappa shape index (κ2) is 7.02. The summed E-state index contributed by atoms with van der Waals surface area (Å²) in [5, 5.41) is 12.2. The standard InChI is InChI=1S/C15H14NO5P/c1-20-22(19,14(16-18)12-8-4-2-5-9-12)21-15(17)13-10-6-3-7-11-13/h2-11,18H,1H3/b16-14-. The number of oxime groups is 1. The first-order valence-corrected chi connectivity index (χ1v) is 7.88. The normalized spacial score (nSPS) is 14.1. The first kappa shape index (κ1) is 15.9. The van der Waals surface area contributed by atoms with E-state index in [1.54, 1.807) is 48.5 Å². The van der Waals surface area contributed by atoms with Gasteiger partial charge in [-0.05, 0) is 12.1 Å². The molecule has 1 atom stereocenters. The fourth-order valence-electron chi connectivity index (χ4n) is 1.76. The highest BCUT2D eigenvalue weighted by Gasteiger charge is 2.37. The van der Waals surface area contributed by atoms with Crippen LogP contribution in [0.4, 0.5) is 0 Å². The maximum atomic E-state index is 12.7. The van der Waals surface area contributed by atoms with E-state index in [1.165, 1.54) is 12.1 Å². The summed E-state index contributed by atoms with van der Waals surface area (Å²) >= 11 is 0. The molecule has 0 aliphatic heterocycles. The Labute approximate surface area is 127 Å². The van der Waals surface area contributed by atoms with Crippen molar-refractivity contribution < 1.29 is 23.6 Å². The molecule has 114 valence electrons. The van der Waals surface area contributed by atoms with E-state index in [9.17, 15) is 14.6 Å². The summed E-state index contributed by atoms with van der Waals surface area (Å²) in [5.41, 5.74) is 0.209. The van der Waals surface area contributed by atoms with Crippen molar-refractivity contribution in [2.75, 3.05) is 7.11 Å². The molecule has 22 heavy (non-hydrogen) atoms. The van der Waals surface area contributed by atoms with Crippen LogP contribution < -0.4 is 0 Å². The molecule has 6 nitrogen and oxygen atoms in total. The van der Waals surface area contributed by atoms with Crippen molar-refractivity contribution in [3.8, 4) is 0 Å². The van der Waals surface area contributed by atoms with E-state index in [2.05, 4.69) is 5.16 Å². The molecule has 0 bridgehead atoms. The van der Waals surface area contributed by atoms with Crippen LogP contribution in [-0.2, 0) is 13.6 Å². The third-order valence-electron chi connectivity index (χ3n) is 2.84. The van der Waals surface area contributed by atoms with Gasteiger partial charge < -0.3 is 9.73 Å². The zero-order valence-corrected chi connectivity index (χ0v) is 12.6. The Kier molecular flexibility index (Phi) is 5.09. The van der Waals surface area contributed by atoms with Crippen molar-refractivity contribution in [1.82, 2.24) is 0 Å². The predicted octanol–water partition coefficient (Wildman–Crippen LogP) is 3.52. The molecule has 0 heterocycles. The summed E-state index contributed by atoms with van der Waals surface area (Å²) in [4.78, 5) is 12.1. The molecule has 0 fully saturated rings. The Morgan fingerprint density at radius 1 is 1.00 bits per heavy atom. The average Bonchev–Trinajstić information content (AvgIpc) is 2.57. The van der Waals surface area contributed by atoms with E-state index < -0.39 is 13.6 Å². The number of nitrogens with zero attached hydrogens (tertiary/aromatic N) is 1. The third kappa shape index (κ3) is 3.42. The van der Waals surface area contributed by atoms with E-state index in [-0.39, 0.29) is 11.0 Å². The second-order valence-electron chi connectivity index (χ2n) is 4.21. The number of carbonyl (C=O) groups is 1. The van der Waals surface area contributed by atoms with E-state index in [0.29, 0.717) is 5.56 Å². The van der Waals surface area contributed by atoms with E-state index in [0.717, 1.165) is 7.11 Å². The van der Waals surface area contributed by atoms with Gasteiger partial charge in [-0.25, -0.2) is 9.36 Å². The predicted molar refractivity (Wildman–Crippen MR) is 81.2 cm³/mol. The second-order valence-corrected chi connectivity index (χ2v) is 6.18.